The third-order valence-corrected chi connectivity index (χ3v) is 6.28. The lowest BCUT2D eigenvalue weighted by atomic mass is 9.97. The third kappa shape index (κ3) is 5.29. The van der Waals surface area contributed by atoms with Crippen molar-refractivity contribution in [2.75, 3.05) is 39.4 Å². The highest BCUT2D eigenvalue weighted by atomic mass is 16.5. The number of hydrogen-bond donors (Lipinski definition) is 3. The summed E-state index contributed by atoms with van der Waals surface area (Å²) in [6.07, 6.45) is 1.46. The van der Waals surface area contributed by atoms with E-state index in [-0.39, 0.29) is 24.8 Å². The van der Waals surface area contributed by atoms with E-state index in [1.54, 1.807) is 4.57 Å². The van der Waals surface area contributed by atoms with Crippen molar-refractivity contribution in [1.29, 1.82) is 0 Å². The van der Waals surface area contributed by atoms with Crippen molar-refractivity contribution in [3.63, 3.8) is 0 Å². The Kier molecular flexibility index (Phi) is 7.47. The molecule has 8 heteroatoms. The molecule has 1 fully saturated rings. The van der Waals surface area contributed by atoms with Crippen molar-refractivity contribution in [2.24, 2.45) is 5.92 Å². The molecule has 0 aliphatic carbocycles. The summed E-state index contributed by atoms with van der Waals surface area (Å²) in [5.41, 5.74) is 1.71. The van der Waals surface area contributed by atoms with Gasteiger partial charge in [-0.05, 0) is 50.9 Å². The van der Waals surface area contributed by atoms with Gasteiger partial charge in [-0.2, -0.15) is 0 Å². The van der Waals surface area contributed by atoms with Crippen LogP contribution in [0.2, 0.25) is 0 Å². The summed E-state index contributed by atoms with van der Waals surface area (Å²) in [6.45, 7) is 4.95. The summed E-state index contributed by atoms with van der Waals surface area (Å²) in [7, 11) is 0. The van der Waals surface area contributed by atoms with Gasteiger partial charge in [-0.25, -0.2) is 14.2 Å². The molecule has 0 saturated carbocycles. The zero-order chi connectivity index (χ0) is 23.2. The van der Waals surface area contributed by atoms with Crippen LogP contribution >= 0.6 is 0 Å². The van der Waals surface area contributed by atoms with Gasteiger partial charge in [0.1, 0.15) is 0 Å². The van der Waals surface area contributed by atoms with E-state index in [0.717, 1.165) is 47.7 Å². The predicted molar refractivity (Wildman–Crippen MR) is 128 cm³/mol. The summed E-state index contributed by atoms with van der Waals surface area (Å²) in [5.74, 6) is 0.294. The Bertz CT molecular complexity index is 1050. The lowest BCUT2D eigenvalue weighted by Crippen LogP contribution is -2.50. The number of rotatable bonds is 7. The number of nitrogens with one attached hydrogen (secondary N) is 2. The van der Waals surface area contributed by atoms with Gasteiger partial charge in [-0.1, -0.05) is 36.4 Å². The van der Waals surface area contributed by atoms with E-state index in [1.807, 2.05) is 55.5 Å². The highest BCUT2D eigenvalue weighted by Gasteiger charge is 2.24. The van der Waals surface area contributed by atoms with Crippen LogP contribution in [0.25, 0.3) is 21.8 Å². The fraction of sp³-hybridized carbons (Fsp3) is 0.440. The van der Waals surface area contributed by atoms with Crippen LogP contribution in [-0.4, -0.2) is 72.1 Å². The van der Waals surface area contributed by atoms with Gasteiger partial charge in [0, 0.05) is 23.9 Å². The maximum atomic E-state index is 13.0. The fourth-order valence-corrected chi connectivity index (χ4v) is 4.57. The molecule has 4 rings (SSSR count). The Labute approximate surface area is 193 Å². The van der Waals surface area contributed by atoms with Gasteiger partial charge in [0.2, 0.25) is 0 Å². The first-order chi connectivity index (χ1) is 16.1. The molecule has 1 aliphatic rings. The average Bonchev–Trinajstić information content (AvgIpc) is 3.18. The van der Waals surface area contributed by atoms with Crippen LogP contribution in [0.3, 0.4) is 0 Å². The van der Waals surface area contributed by atoms with Gasteiger partial charge in [0.05, 0.1) is 30.3 Å². The van der Waals surface area contributed by atoms with Gasteiger partial charge >= 0.3 is 12.1 Å². The number of nitrogens with zero attached hydrogens (tertiary/aromatic N) is 2. The first kappa shape index (κ1) is 23.1. The fourth-order valence-electron chi connectivity index (χ4n) is 4.57. The summed E-state index contributed by atoms with van der Waals surface area (Å²) < 4.78 is 7.42. The number of fused-ring (bicyclic) bond motifs is 3. The van der Waals surface area contributed by atoms with Crippen molar-refractivity contribution >= 4 is 33.9 Å². The number of aliphatic hydroxyl groups is 1. The van der Waals surface area contributed by atoms with Gasteiger partial charge < -0.3 is 25.4 Å². The van der Waals surface area contributed by atoms with Crippen LogP contribution in [0.5, 0.6) is 0 Å². The summed E-state index contributed by atoms with van der Waals surface area (Å²) in [4.78, 5) is 27.0. The molecule has 1 atom stereocenters. The Morgan fingerprint density at radius 1 is 1.06 bits per heavy atom. The highest BCUT2D eigenvalue weighted by Crippen LogP contribution is 2.29. The minimum Gasteiger partial charge on any atom is -0.449 e. The monoisotopic (exact) mass is 452 g/mol. The Morgan fingerprint density at radius 3 is 2.24 bits per heavy atom. The standard InChI is InChI=1S/C25H32N4O4/c1-2-26-24(31)27-19(16-30)15-28-13-11-18(12-14-28)17-33-25(32)29-22-9-5-3-7-20(22)21-8-4-6-10-23(21)29/h3-10,18-19,30H,2,11-17H2,1H3,(H2,26,27,31)/t19-/m0/s1. The predicted octanol–water partition coefficient (Wildman–Crippen LogP) is 3.17. The maximum Gasteiger partial charge on any atom is 0.418 e. The number of hydrogen-bond acceptors (Lipinski definition) is 5. The van der Waals surface area contributed by atoms with E-state index in [1.165, 1.54) is 0 Å². The van der Waals surface area contributed by atoms with E-state index in [2.05, 4.69) is 15.5 Å². The van der Waals surface area contributed by atoms with Gasteiger partial charge in [-0.15, -0.1) is 0 Å². The second kappa shape index (κ2) is 10.7. The molecule has 8 nitrogen and oxygen atoms in total. The quantitative estimate of drug-likeness (QED) is 0.512. The van der Waals surface area contributed by atoms with E-state index in [9.17, 15) is 14.7 Å². The molecular weight excluding hydrogens is 420 g/mol. The second-order valence-corrected chi connectivity index (χ2v) is 8.57. The van der Waals surface area contributed by atoms with E-state index < -0.39 is 0 Å². The molecule has 0 unspecified atom stereocenters. The van der Waals surface area contributed by atoms with Crippen molar-refractivity contribution in [2.45, 2.75) is 25.8 Å². The van der Waals surface area contributed by atoms with Crippen LogP contribution in [0.1, 0.15) is 19.8 Å². The Hall–Kier alpha value is -3.10. The molecule has 3 N–H and O–H groups in total. The molecule has 1 aliphatic heterocycles. The van der Waals surface area contributed by atoms with Crippen LogP contribution in [0, 0.1) is 5.92 Å². The first-order valence-corrected chi connectivity index (χ1v) is 11.6. The minimum absolute atomic E-state index is 0.104. The molecule has 1 saturated heterocycles. The second-order valence-electron chi connectivity index (χ2n) is 8.57. The molecule has 3 aromatic rings. The van der Waals surface area contributed by atoms with E-state index in [4.69, 9.17) is 4.74 Å². The number of ether oxygens (including phenoxy) is 1. The first-order valence-electron chi connectivity index (χ1n) is 11.6. The molecule has 2 aromatic carbocycles. The zero-order valence-electron chi connectivity index (χ0n) is 19.0. The van der Waals surface area contributed by atoms with Crippen molar-refractivity contribution in [1.82, 2.24) is 20.1 Å². The molecule has 0 spiro atoms. The number of urea groups is 1. The molecule has 2 amide bonds. The summed E-state index contributed by atoms with van der Waals surface area (Å²) in [6, 6.07) is 15.2. The molecule has 176 valence electrons. The molecule has 33 heavy (non-hydrogen) atoms. The summed E-state index contributed by atoms with van der Waals surface area (Å²) >= 11 is 0. The zero-order valence-corrected chi connectivity index (χ0v) is 19.0. The summed E-state index contributed by atoms with van der Waals surface area (Å²) in [5, 5.41) is 17.1. The number of amides is 2. The highest BCUT2D eigenvalue weighted by molar-refractivity contribution is 6.12. The van der Waals surface area contributed by atoms with Crippen LogP contribution < -0.4 is 10.6 Å². The SMILES string of the molecule is CCNC(=O)N[C@H](CO)CN1CCC(COC(=O)n2c3ccccc3c3ccccc32)CC1. The molecular formula is C25H32N4O4. The Balaban J connectivity index is 1.31. The largest absolute Gasteiger partial charge is 0.449 e. The number of para-hydroxylation sites is 2. The van der Waals surface area contributed by atoms with Gasteiger partial charge in [-0.3, -0.25) is 0 Å². The molecule has 0 bridgehead atoms. The number of benzene rings is 2. The van der Waals surface area contributed by atoms with E-state index in [0.29, 0.717) is 25.6 Å². The number of carbonyl (C=O) groups excluding carboxylic acids is 2. The molecule has 0 radical (unpaired) electrons. The number of carbonyl (C=O) groups is 2. The number of aromatic nitrogens is 1. The smallest absolute Gasteiger partial charge is 0.418 e. The lowest BCUT2D eigenvalue weighted by Gasteiger charge is -2.33. The third-order valence-electron chi connectivity index (χ3n) is 6.28. The minimum atomic E-state index is -0.346. The van der Waals surface area contributed by atoms with Crippen molar-refractivity contribution in [3.8, 4) is 0 Å². The lowest BCUT2D eigenvalue weighted by molar-refractivity contribution is 0.0912. The topological polar surface area (TPSA) is 95.8 Å². The van der Waals surface area contributed by atoms with E-state index >= 15 is 0 Å². The normalized spacial score (nSPS) is 16.1. The van der Waals surface area contributed by atoms with Crippen LogP contribution in [0.4, 0.5) is 9.59 Å². The Morgan fingerprint density at radius 2 is 1.67 bits per heavy atom. The molecule has 2 heterocycles. The van der Waals surface area contributed by atoms with Gasteiger partial charge in [0.25, 0.3) is 0 Å². The van der Waals surface area contributed by atoms with Crippen LogP contribution in [-0.2, 0) is 4.74 Å². The van der Waals surface area contributed by atoms with Crippen LogP contribution in [0.15, 0.2) is 48.5 Å². The van der Waals surface area contributed by atoms with Crippen molar-refractivity contribution < 1.29 is 19.4 Å². The number of aliphatic hydroxyl groups excluding tert-OH is 1. The average molecular weight is 453 g/mol. The van der Waals surface area contributed by atoms with Gasteiger partial charge in [0.15, 0.2) is 0 Å². The number of likely N-dealkylation sites (tertiary alicyclic amines) is 1. The molecule has 1 aromatic heterocycles. The number of piperidine rings is 1. The van der Waals surface area contributed by atoms with Crippen molar-refractivity contribution in [3.05, 3.63) is 48.5 Å². The maximum absolute atomic E-state index is 13.0.